The lowest BCUT2D eigenvalue weighted by atomic mass is 10.2. The molecule has 0 saturated carbocycles. The van der Waals surface area contributed by atoms with Crippen molar-refractivity contribution < 1.29 is 0 Å². The third-order valence-corrected chi connectivity index (χ3v) is 3.37. The molecule has 0 unspecified atom stereocenters. The minimum atomic E-state index is 0.376. The van der Waals surface area contributed by atoms with Crippen LogP contribution in [-0.4, -0.2) is 19.9 Å². The summed E-state index contributed by atoms with van der Waals surface area (Å²) in [5, 5.41) is 1.43. The monoisotopic (exact) mass is 262 g/mol. The van der Waals surface area contributed by atoms with Crippen molar-refractivity contribution in [2.24, 2.45) is 5.84 Å². The second-order valence-corrected chi connectivity index (χ2v) is 4.75. The Balaban J connectivity index is 2.28. The Hall–Kier alpha value is -1.73. The zero-order valence-corrected chi connectivity index (χ0v) is 11.2. The summed E-state index contributed by atoms with van der Waals surface area (Å²) in [5.74, 6) is 5.64. The Bertz CT molecular complexity index is 548. The molecular formula is C11H14N6S. The minimum Gasteiger partial charge on any atom is -0.292 e. The van der Waals surface area contributed by atoms with Crippen molar-refractivity contribution in [2.45, 2.75) is 31.0 Å². The average molecular weight is 262 g/mol. The van der Waals surface area contributed by atoms with E-state index < -0.39 is 0 Å². The van der Waals surface area contributed by atoms with E-state index in [9.17, 15) is 0 Å². The third-order valence-electron chi connectivity index (χ3n) is 2.57. The first-order valence-corrected chi connectivity index (χ1v) is 6.21. The molecule has 0 aliphatic rings. The molecule has 18 heavy (non-hydrogen) atoms. The SMILES string of the molecule is Cc1nc(Sc2ccnc(NN)n2)nc(C)c1C. The summed E-state index contributed by atoms with van der Waals surface area (Å²) in [7, 11) is 0. The third kappa shape index (κ3) is 2.74. The van der Waals surface area contributed by atoms with Crippen LogP contribution in [0, 0.1) is 20.8 Å². The van der Waals surface area contributed by atoms with E-state index in [4.69, 9.17) is 5.84 Å². The maximum Gasteiger partial charge on any atom is 0.238 e. The van der Waals surface area contributed by atoms with Crippen molar-refractivity contribution in [1.82, 2.24) is 19.9 Å². The highest BCUT2D eigenvalue weighted by Gasteiger charge is 2.07. The van der Waals surface area contributed by atoms with Crippen LogP contribution in [0.4, 0.5) is 5.95 Å². The van der Waals surface area contributed by atoms with Gasteiger partial charge in [0.2, 0.25) is 5.95 Å². The summed E-state index contributed by atoms with van der Waals surface area (Å²) >= 11 is 1.39. The van der Waals surface area contributed by atoms with Crippen LogP contribution in [0.15, 0.2) is 22.4 Å². The summed E-state index contributed by atoms with van der Waals surface area (Å²) in [6.07, 6.45) is 1.64. The number of nitrogens with zero attached hydrogens (tertiary/aromatic N) is 4. The first-order valence-electron chi connectivity index (χ1n) is 5.39. The topological polar surface area (TPSA) is 89.6 Å². The largest absolute Gasteiger partial charge is 0.292 e. The quantitative estimate of drug-likeness (QED) is 0.376. The normalized spacial score (nSPS) is 10.4. The number of nitrogen functional groups attached to an aromatic ring is 1. The van der Waals surface area contributed by atoms with Gasteiger partial charge in [0, 0.05) is 17.6 Å². The fraction of sp³-hybridized carbons (Fsp3) is 0.273. The van der Waals surface area contributed by atoms with Gasteiger partial charge in [-0.1, -0.05) is 0 Å². The van der Waals surface area contributed by atoms with Gasteiger partial charge in [-0.05, 0) is 44.2 Å². The van der Waals surface area contributed by atoms with Crippen molar-refractivity contribution >= 4 is 17.7 Å². The number of hydrogen-bond acceptors (Lipinski definition) is 7. The van der Waals surface area contributed by atoms with Gasteiger partial charge in [0.15, 0.2) is 5.16 Å². The van der Waals surface area contributed by atoms with E-state index in [1.807, 2.05) is 20.8 Å². The molecule has 2 rings (SSSR count). The molecule has 0 aliphatic carbocycles. The van der Waals surface area contributed by atoms with Gasteiger partial charge in [0.25, 0.3) is 0 Å². The molecule has 7 heteroatoms. The number of aromatic nitrogens is 4. The molecule has 0 fully saturated rings. The van der Waals surface area contributed by atoms with E-state index in [0.717, 1.165) is 22.0 Å². The fourth-order valence-corrected chi connectivity index (χ4v) is 2.16. The van der Waals surface area contributed by atoms with Crippen molar-refractivity contribution in [3.8, 4) is 0 Å². The Morgan fingerprint density at radius 3 is 2.39 bits per heavy atom. The molecule has 0 atom stereocenters. The standard InChI is InChI=1S/C11H14N6S/c1-6-7(2)14-11(15-8(6)3)18-9-4-5-13-10(16-9)17-12/h4-5H,12H2,1-3H3,(H,13,16,17). The van der Waals surface area contributed by atoms with Gasteiger partial charge in [0.05, 0.1) is 0 Å². The Morgan fingerprint density at radius 1 is 1.11 bits per heavy atom. The first-order chi connectivity index (χ1) is 8.60. The van der Waals surface area contributed by atoms with Gasteiger partial charge in [-0.2, -0.15) is 0 Å². The molecule has 0 aromatic carbocycles. The minimum absolute atomic E-state index is 0.376. The van der Waals surface area contributed by atoms with E-state index in [1.54, 1.807) is 12.3 Å². The molecule has 2 heterocycles. The fourth-order valence-electron chi connectivity index (χ4n) is 1.35. The Morgan fingerprint density at radius 2 is 1.78 bits per heavy atom. The highest BCUT2D eigenvalue weighted by Crippen LogP contribution is 2.24. The molecule has 94 valence electrons. The highest BCUT2D eigenvalue weighted by atomic mass is 32.2. The number of nitrogens with two attached hydrogens (primary N) is 1. The van der Waals surface area contributed by atoms with Crippen molar-refractivity contribution in [2.75, 3.05) is 5.43 Å². The number of aryl methyl sites for hydroxylation is 2. The maximum absolute atomic E-state index is 5.26. The van der Waals surface area contributed by atoms with Crippen molar-refractivity contribution in [3.63, 3.8) is 0 Å². The number of anilines is 1. The first kappa shape index (κ1) is 12.7. The predicted octanol–water partition coefficient (Wildman–Crippen LogP) is 1.63. The van der Waals surface area contributed by atoms with Crippen LogP contribution in [0.25, 0.3) is 0 Å². The molecule has 6 nitrogen and oxygen atoms in total. The van der Waals surface area contributed by atoms with Gasteiger partial charge in [-0.25, -0.2) is 25.8 Å². The van der Waals surface area contributed by atoms with E-state index >= 15 is 0 Å². The van der Waals surface area contributed by atoms with Crippen LogP contribution in [0.2, 0.25) is 0 Å². The number of hydrogen-bond donors (Lipinski definition) is 2. The van der Waals surface area contributed by atoms with Gasteiger partial charge >= 0.3 is 0 Å². The number of rotatable bonds is 3. The van der Waals surface area contributed by atoms with Crippen molar-refractivity contribution in [3.05, 3.63) is 29.2 Å². The summed E-state index contributed by atoms with van der Waals surface area (Å²) in [5.41, 5.74) is 5.49. The van der Waals surface area contributed by atoms with E-state index in [0.29, 0.717) is 11.1 Å². The molecule has 2 aromatic heterocycles. The summed E-state index contributed by atoms with van der Waals surface area (Å²) in [6.45, 7) is 5.96. The number of nitrogens with one attached hydrogen (secondary N) is 1. The number of hydrazine groups is 1. The van der Waals surface area contributed by atoms with Gasteiger partial charge in [-0.3, -0.25) is 5.43 Å². The zero-order valence-electron chi connectivity index (χ0n) is 10.4. The molecule has 0 radical (unpaired) electrons. The summed E-state index contributed by atoms with van der Waals surface area (Å²) < 4.78 is 0. The lowest BCUT2D eigenvalue weighted by Crippen LogP contribution is -2.10. The smallest absolute Gasteiger partial charge is 0.238 e. The van der Waals surface area contributed by atoms with E-state index in [1.165, 1.54) is 11.8 Å². The van der Waals surface area contributed by atoms with Gasteiger partial charge < -0.3 is 0 Å². The molecule has 2 aromatic rings. The van der Waals surface area contributed by atoms with Crippen LogP contribution in [0.3, 0.4) is 0 Å². The second-order valence-electron chi connectivity index (χ2n) is 3.77. The van der Waals surface area contributed by atoms with Gasteiger partial charge in [-0.15, -0.1) is 0 Å². The maximum atomic E-state index is 5.26. The molecule has 3 N–H and O–H groups in total. The average Bonchev–Trinajstić information content (AvgIpc) is 2.36. The molecule has 0 bridgehead atoms. The van der Waals surface area contributed by atoms with Crippen LogP contribution in [0.5, 0.6) is 0 Å². The summed E-state index contributed by atoms with van der Waals surface area (Å²) in [6, 6.07) is 1.79. The van der Waals surface area contributed by atoms with Crippen LogP contribution in [-0.2, 0) is 0 Å². The van der Waals surface area contributed by atoms with Crippen LogP contribution < -0.4 is 11.3 Å². The second kappa shape index (κ2) is 5.28. The molecule has 0 saturated heterocycles. The molecular weight excluding hydrogens is 248 g/mol. The Kier molecular flexibility index (Phi) is 3.73. The predicted molar refractivity (Wildman–Crippen MR) is 70.2 cm³/mol. The lowest BCUT2D eigenvalue weighted by molar-refractivity contribution is 0.877. The van der Waals surface area contributed by atoms with Crippen molar-refractivity contribution in [1.29, 1.82) is 0 Å². The molecule has 0 aliphatic heterocycles. The van der Waals surface area contributed by atoms with Crippen LogP contribution >= 0.6 is 11.8 Å². The zero-order chi connectivity index (χ0) is 13.1. The lowest BCUT2D eigenvalue weighted by Gasteiger charge is -2.06. The van der Waals surface area contributed by atoms with E-state index in [-0.39, 0.29) is 0 Å². The molecule has 0 spiro atoms. The summed E-state index contributed by atoms with van der Waals surface area (Å²) in [4.78, 5) is 17.0. The highest BCUT2D eigenvalue weighted by molar-refractivity contribution is 7.99. The van der Waals surface area contributed by atoms with Crippen LogP contribution in [0.1, 0.15) is 17.0 Å². The van der Waals surface area contributed by atoms with E-state index in [2.05, 4.69) is 25.4 Å². The van der Waals surface area contributed by atoms with Gasteiger partial charge in [0.1, 0.15) is 5.03 Å². The Labute approximate surface area is 109 Å². The molecule has 0 amide bonds.